The fourth-order valence-electron chi connectivity index (χ4n) is 4.25. The highest BCUT2D eigenvalue weighted by atomic mass is 32.2. The largest absolute Gasteiger partial charge is 0.466 e. The van der Waals surface area contributed by atoms with Crippen molar-refractivity contribution < 1.29 is 31.1 Å². The third kappa shape index (κ3) is 5.94. The third-order valence-electron chi connectivity index (χ3n) is 5.83. The number of ether oxygens (including phenoxy) is 1. The number of sulfonamides is 1. The molecule has 0 fully saturated rings. The van der Waals surface area contributed by atoms with E-state index < -0.39 is 32.7 Å². The highest BCUT2D eigenvalue weighted by Gasteiger charge is 2.38. The summed E-state index contributed by atoms with van der Waals surface area (Å²) in [4.78, 5) is 11.4. The molecule has 2 aromatic carbocycles. The number of carbonyl (C=O) groups is 1. The van der Waals surface area contributed by atoms with Crippen LogP contribution in [0.2, 0.25) is 0 Å². The summed E-state index contributed by atoms with van der Waals surface area (Å²) in [5, 5.41) is 1.74. The maximum absolute atomic E-state index is 13.8. The van der Waals surface area contributed by atoms with Gasteiger partial charge in [0.2, 0.25) is 10.0 Å². The Hall–Kier alpha value is -2.69. The maximum Gasteiger partial charge on any atom is 0.417 e. The van der Waals surface area contributed by atoms with Gasteiger partial charge in [-0.1, -0.05) is 30.3 Å². The van der Waals surface area contributed by atoms with E-state index in [0.717, 1.165) is 28.8 Å². The Labute approximate surface area is 206 Å². The first-order valence-electron chi connectivity index (χ1n) is 11.1. The van der Waals surface area contributed by atoms with Crippen molar-refractivity contribution in [2.45, 2.75) is 49.7 Å². The van der Waals surface area contributed by atoms with E-state index in [9.17, 15) is 26.4 Å². The monoisotopic (exact) mass is 523 g/mol. The normalized spacial score (nSPS) is 15.7. The molecule has 5 nitrogen and oxygen atoms in total. The minimum absolute atomic E-state index is 0.240. The van der Waals surface area contributed by atoms with Crippen LogP contribution in [-0.2, 0) is 45.0 Å². The number of carbonyl (C=O) groups excluding carboxylic acids is 1. The molecule has 35 heavy (non-hydrogen) atoms. The molecule has 1 aromatic heterocycles. The quantitative estimate of drug-likeness (QED) is 0.403. The summed E-state index contributed by atoms with van der Waals surface area (Å²) in [7, 11) is -4.43. The first-order valence-corrected chi connectivity index (χ1v) is 13.5. The third-order valence-corrected chi connectivity index (χ3v) is 8.33. The molecule has 0 radical (unpaired) electrons. The van der Waals surface area contributed by atoms with Crippen LogP contribution in [0.15, 0.2) is 58.8 Å². The van der Waals surface area contributed by atoms with Gasteiger partial charge in [0.1, 0.15) is 0 Å². The zero-order valence-corrected chi connectivity index (χ0v) is 20.5. The van der Waals surface area contributed by atoms with Crippen LogP contribution in [0.3, 0.4) is 0 Å². The predicted octanol–water partition coefficient (Wildman–Crippen LogP) is 5.38. The van der Waals surface area contributed by atoms with Gasteiger partial charge in [-0.25, -0.2) is 13.1 Å². The van der Waals surface area contributed by atoms with Crippen LogP contribution in [-0.4, -0.2) is 27.0 Å². The van der Waals surface area contributed by atoms with Crippen LogP contribution in [0.1, 0.15) is 35.6 Å². The smallest absolute Gasteiger partial charge is 0.417 e. The number of esters is 1. The number of aryl methyl sites for hydroxylation is 1. The van der Waals surface area contributed by atoms with E-state index in [1.807, 2.05) is 18.2 Å². The predicted molar refractivity (Wildman–Crippen MR) is 128 cm³/mol. The molecule has 1 atom stereocenters. The lowest BCUT2D eigenvalue weighted by atomic mass is 10.0. The number of nitrogens with one attached hydrogen (secondary N) is 1. The van der Waals surface area contributed by atoms with Crippen molar-refractivity contribution in [2.75, 3.05) is 6.61 Å². The molecule has 0 amide bonds. The van der Waals surface area contributed by atoms with Gasteiger partial charge < -0.3 is 4.74 Å². The van der Waals surface area contributed by atoms with Crippen LogP contribution in [0.25, 0.3) is 10.4 Å². The Bertz CT molecular complexity index is 1320. The van der Waals surface area contributed by atoms with Crippen LogP contribution >= 0.6 is 11.3 Å². The Balaban J connectivity index is 1.51. The van der Waals surface area contributed by atoms with Crippen molar-refractivity contribution in [1.29, 1.82) is 0 Å². The molecule has 1 heterocycles. The SMILES string of the molecule is CCOC(=O)CCc1ccc2c(c1)CC(NS(=O)(=O)c1ccc(-c3cccs3)cc1C(F)(F)F)C2. The molecule has 10 heteroatoms. The van der Waals surface area contributed by atoms with Gasteiger partial charge in [-0.15, -0.1) is 11.3 Å². The van der Waals surface area contributed by atoms with Crippen molar-refractivity contribution in [3.8, 4) is 10.4 Å². The fourth-order valence-corrected chi connectivity index (χ4v) is 6.42. The molecule has 0 saturated heterocycles. The molecule has 4 rings (SSSR count). The topological polar surface area (TPSA) is 72.5 Å². The lowest BCUT2D eigenvalue weighted by Crippen LogP contribution is -2.36. The number of hydrogen-bond donors (Lipinski definition) is 1. The van der Waals surface area contributed by atoms with E-state index in [2.05, 4.69) is 4.72 Å². The number of alkyl halides is 3. The average molecular weight is 524 g/mol. The number of benzene rings is 2. The second-order valence-electron chi connectivity index (χ2n) is 8.32. The number of hydrogen-bond acceptors (Lipinski definition) is 5. The first-order chi connectivity index (χ1) is 16.6. The van der Waals surface area contributed by atoms with Gasteiger partial charge in [0.25, 0.3) is 0 Å². The van der Waals surface area contributed by atoms with Crippen molar-refractivity contribution in [3.05, 3.63) is 76.2 Å². The highest BCUT2D eigenvalue weighted by molar-refractivity contribution is 7.89. The van der Waals surface area contributed by atoms with Crippen molar-refractivity contribution in [2.24, 2.45) is 0 Å². The average Bonchev–Trinajstić information content (AvgIpc) is 3.46. The summed E-state index contributed by atoms with van der Waals surface area (Å²) >= 11 is 1.28. The summed E-state index contributed by atoms with van der Waals surface area (Å²) in [5.41, 5.74) is 1.90. The van der Waals surface area contributed by atoms with Crippen LogP contribution in [0.4, 0.5) is 13.2 Å². The molecule has 0 spiro atoms. The van der Waals surface area contributed by atoms with E-state index in [1.165, 1.54) is 17.4 Å². The van der Waals surface area contributed by atoms with Gasteiger partial charge in [0, 0.05) is 17.3 Å². The number of thiophene rings is 1. The van der Waals surface area contributed by atoms with Crippen molar-refractivity contribution >= 4 is 27.3 Å². The Kier molecular flexibility index (Phi) is 7.35. The first kappa shape index (κ1) is 25.4. The van der Waals surface area contributed by atoms with Gasteiger partial charge in [0.15, 0.2) is 0 Å². The molecular weight excluding hydrogens is 499 g/mol. The standard InChI is InChI=1S/C25H24F3NO4S2/c1-2-33-24(30)10-6-16-5-7-17-13-20(14-19(17)12-16)29-35(31,32)23-9-8-18(22-4-3-11-34-22)15-21(23)25(26,27)28/h3-5,7-9,11-12,15,20,29H,2,6,10,13-14H2,1H3. The van der Waals surface area contributed by atoms with Crippen LogP contribution in [0.5, 0.6) is 0 Å². The minimum atomic E-state index is -4.83. The highest BCUT2D eigenvalue weighted by Crippen LogP contribution is 2.38. The summed E-state index contributed by atoms with van der Waals surface area (Å²) < 4.78 is 75.0. The molecule has 3 aromatic rings. The second kappa shape index (κ2) is 10.1. The molecule has 186 valence electrons. The lowest BCUT2D eigenvalue weighted by Gasteiger charge is -2.17. The second-order valence-corrected chi connectivity index (χ2v) is 11.0. The summed E-state index contributed by atoms with van der Waals surface area (Å²) in [6.45, 7) is 2.06. The number of fused-ring (bicyclic) bond motifs is 1. The molecule has 0 bridgehead atoms. The lowest BCUT2D eigenvalue weighted by molar-refractivity contribution is -0.143. The van der Waals surface area contributed by atoms with E-state index in [4.69, 9.17) is 4.74 Å². The van der Waals surface area contributed by atoms with Gasteiger partial charge in [0.05, 0.1) is 17.1 Å². The van der Waals surface area contributed by atoms with Crippen LogP contribution < -0.4 is 4.72 Å². The van der Waals surface area contributed by atoms with Gasteiger partial charge in [-0.3, -0.25) is 4.79 Å². The minimum Gasteiger partial charge on any atom is -0.466 e. The zero-order valence-electron chi connectivity index (χ0n) is 18.9. The molecule has 1 aliphatic carbocycles. The van der Waals surface area contributed by atoms with Gasteiger partial charge in [-0.05, 0) is 72.0 Å². The number of halogens is 3. The van der Waals surface area contributed by atoms with Crippen molar-refractivity contribution in [3.63, 3.8) is 0 Å². The Morgan fingerprint density at radius 2 is 1.89 bits per heavy atom. The van der Waals surface area contributed by atoms with E-state index >= 15 is 0 Å². The summed E-state index contributed by atoms with van der Waals surface area (Å²) in [6, 6.07) is 11.8. The number of rotatable bonds is 8. The van der Waals surface area contributed by atoms with Crippen LogP contribution in [0, 0.1) is 0 Å². The maximum atomic E-state index is 13.8. The molecule has 1 aliphatic rings. The molecule has 0 aliphatic heterocycles. The summed E-state index contributed by atoms with van der Waals surface area (Å²) in [6.07, 6.45) is -3.36. The molecular formula is C25H24F3NO4S2. The van der Waals surface area contributed by atoms with E-state index in [1.54, 1.807) is 24.4 Å². The molecule has 1 unspecified atom stereocenters. The van der Waals surface area contributed by atoms with E-state index in [-0.39, 0.29) is 12.4 Å². The fraction of sp³-hybridized carbons (Fsp3) is 0.320. The molecule has 1 N–H and O–H groups in total. The van der Waals surface area contributed by atoms with Gasteiger partial charge in [-0.2, -0.15) is 13.2 Å². The zero-order chi connectivity index (χ0) is 25.2. The van der Waals surface area contributed by atoms with Crippen molar-refractivity contribution in [1.82, 2.24) is 4.72 Å². The van der Waals surface area contributed by atoms with Gasteiger partial charge >= 0.3 is 12.1 Å². The molecule has 0 saturated carbocycles. The Morgan fingerprint density at radius 1 is 1.11 bits per heavy atom. The summed E-state index contributed by atoms with van der Waals surface area (Å²) in [5.74, 6) is -0.288. The van der Waals surface area contributed by atoms with E-state index in [0.29, 0.717) is 36.3 Å². The Morgan fingerprint density at radius 3 is 2.57 bits per heavy atom.